The highest BCUT2D eigenvalue weighted by Gasteiger charge is 2.26. The van der Waals surface area contributed by atoms with Gasteiger partial charge in [0.25, 0.3) is 0 Å². The maximum absolute atomic E-state index is 4.56. The Balaban J connectivity index is 1.96. The molecule has 3 nitrogen and oxygen atoms in total. The molecule has 0 aromatic carbocycles. The number of nitrogens with zero attached hydrogens (tertiary/aromatic N) is 3. The second kappa shape index (κ2) is 3.13. The van der Waals surface area contributed by atoms with Crippen LogP contribution in [0.15, 0.2) is 24.0 Å². The zero-order valence-corrected chi connectivity index (χ0v) is 8.37. The average molecular weight is 203 g/mol. The monoisotopic (exact) mass is 203 g/mol. The minimum Gasteiger partial charge on any atom is -0.261 e. The first kappa shape index (κ1) is 8.05. The van der Waals surface area contributed by atoms with Crippen molar-refractivity contribution in [3.63, 3.8) is 0 Å². The molecule has 0 N–H and O–H groups in total. The van der Waals surface area contributed by atoms with Crippen molar-refractivity contribution in [3.8, 4) is 10.7 Å². The molecule has 0 amide bonds. The third-order valence-electron chi connectivity index (χ3n) is 2.30. The molecule has 0 saturated heterocycles. The van der Waals surface area contributed by atoms with Crippen LogP contribution in [-0.4, -0.2) is 15.0 Å². The lowest BCUT2D eigenvalue weighted by molar-refractivity contribution is 1.05. The van der Waals surface area contributed by atoms with Crippen LogP contribution < -0.4 is 0 Å². The molecule has 0 atom stereocenters. The molecule has 4 heteroatoms. The normalized spacial score (nSPS) is 15.7. The SMILES string of the molecule is c1cnc(-c2nc(C3CC3)cs2)cn1. The zero-order chi connectivity index (χ0) is 9.38. The molecule has 1 aliphatic carbocycles. The van der Waals surface area contributed by atoms with Crippen molar-refractivity contribution >= 4 is 11.3 Å². The number of thiazole rings is 1. The smallest absolute Gasteiger partial charge is 0.143 e. The van der Waals surface area contributed by atoms with Gasteiger partial charge in [-0.15, -0.1) is 11.3 Å². The van der Waals surface area contributed by atoms with Gasteiger partial charge in [0, 0.05) is 23.7 Å². The third kappa shape index (κ3) is 1.42. The van der Waals surface area contributed by atoms with Gasteiger partial charge in [-0.05, 0) is 12.8 Å². The lowest BCUT2D eigenvalue weighted by atomic mass is 10.3. The number of aromatic nitrogens is 3. The van der Waals surface area contributed by atoms with Crippen LogP contribution >= 0.6 is 11.3 Å². The highest BCUT2D eigenvalue weighted by Crippen LogP contribution is 2.41. The first-order valence-corrected chi connectivity index (χ1v) is 5.53. The fraction of sp³-hybridized carbons (Fsp3) is 0.300. The van der Waals surface area contributed by atoms with Crippen LogP contribution in [-0.2, 0) is 0 Å². The Kier molecular flexibility index (Phi) is 1.80. The maximum Gasteiger partial charge on any atom is 0.143 e. The first-order chi connectivity index (χ1) is 6.93. The molecule has 1 fully saturated rings. The molecule has 2 aromatic rings. The fourth-order valence-electron chi connectivity index (χ4n) is 1.38. The molecule has 0 unspecified atom stereocenters. The van der Waals surface area contributed by atoms with Gasteiger partial charge in [0.05, 0.1) is 11.9 Å². The Morgan fingerprint density at radius 1 is 1.29 bits per heavy atom. The Morgan fingerprint density at radius 2 is 2.21 bits per heavy atom. The summed E-state index contributed by atoms with van der Waals surface area (Å²) in [5.74, 6) is 0.719. The summed E-state index contributed by atoms with van der Waals surface area (Å²) >= 11 is 1.66. The van der Waals surface area contributed by atoms with E-state index in [2.05, 4.69) is 20.3 Å². The van der Waals surface area contributed by atoms with Crippen LogP contribution in [0.3, 0.4) is 0 Å². The molecule has 14 heavy (non-hydrogen) atoms. The van der Waals surface area contributed by atoms with Gasteiger partial charge in [-0.25, -0.2) is 4.98 Å². The minimum atomic E-state index is 0.719. The highest BCUT2D eigenvalue weighted by molar-refractivity contribution is 7.13. The van der Waals surface area contributed by atoms with Gasteiger partial charge in [-0.1, -0.05) is 0 Å². The van der Waals surface area contributed by atoms with E-state index in [0.717, 1.165) is 16.6 Å². The van der Waals surface area contributed by atoms with Crippen molar-refractivity contribution in [2.75, 3.05) is 0 Å². The molecule has 1 aliphatic rings. The summed E-state index contributed by atoms with van der Waals surface area (Å²) in [6, 6.07) is 0. The molecule has 0 aliphatic heterocycles. The average Bonchev–Trinajstić information content (AvgIpc) is 2.98. The van der Waals surface area contributed by atoms with E-state index in [1.54, 1.807) is 29.9 Å². The van der Waals surface area contributed by atoms with Crippen LogP contribution in [0.1, 0.15) is 24.5 Å². The lowest BCUT2D eigenvalue weighted by Gasteiger charge is -1.91. The molecule has 70 valence electrons. The largest absolute Gasteiger partial charge is 0.261 e. The topological polar surface area (TPSA) is 38.7 Å². The van der Waals surface area contributed by atoms with Crippen molar-refractivity contribution in [3.05, 3.63) is 29.7 Å². The number of hydrogen-bond acceptors (Lipinski definition) is 4. The zero-order valence-electron chi connectivity index (χ0n) is 7.55. The fourth-order valence-corrected chi connectivity index (χ4v) is 2.24. The van der Waals surface area contributed by atoms with Gasteiger partial charge in [0.2, 0.25) is 0 Å². The summed E-state index contributed by atoms with van der Waals surface area (Å²) in [6.07, 6.45) is 7.73. The quantitative estimate of drug-likeness (QED) is 0.752. The van der Waals surface area contributed by atoms with Gasteiger partial charge in [-0.2, -0.15) is 0 Å². The molecule has 2 aromatic heterocycles. The van der Waals surface area contributed by atoms with E-state index in [9.17, 15) is 0 Å². The summed E-state index contributed by atoms with van der Waals surface area (Å²) < 4.78 is 0. The second-order valence-corrected chi connectivity index (χ2v) is 4.30. The molecular formula is C10H9N3S. The standard InChI is InChI=1S/C10H9N3S/c1-2-7(1)9-6-14-10(13-9)8-5-11-3-4-12-8/h3-7H,1-2H2. The Morgan fingerprint density at radius 3 is 2.93 bits per heavy atom. The molecular weight excluding hydrogens is 194 g/mol. The van der Waals surface area contributed by atoms with Crippen LogP contribution in [0.5, 0.6) is 0 Å². The minimum absolute atomic E-state index is 0.719. The Labute approximate surface area is 85.9 Å². The van der Waals surface area contributed by atoms with Crippen LogP contribution in [0.25, 0.3) is 10.7 Å². The van der Waals surface area contributed by atoms with Gasteiger partial charge < -0.3 is 0 Å². The molecule has 1 saturated carbocycles. The van der Waals surface area contributed by atoms with Gasteiger partial charge in [0.15, 0.2) is 0 Å². The van der Waals surface area contributed by atoms with Gasteiger partial charge in [0.1, 0.15) is 10.7 Å². The maximum atomic E-state index is 4.56. The van der Waals surface area contributed by atoms with E-state index >= 15 is 0 Å². The van der Waals surface area contributed by atoms with E-state index in [0.29, 0.717) is 0 Å². The molecule has 0 radical (unpaired) electrons. The van der Waals surface area contributed by atoms with Gasteiger partial charge >= 0.3 is 0 Å². The van der Waals surface area contributed by atoms with E-state index in [1.807, 2.05) is 0 Å². The Bertz CT molecular complexity index is 434. The van der Waals surface area contributed by atoms with E-state index in [1.165, 1.54) is 18.5 Å². The van der Waals surface area contributed by atoms with Crippen molar-refractivity contribution < 1.29 is 0 Å². The lowest BCUT2D eigenvalue weighted by Crippen LogP contribution is -1.84. The number of hydrogen-bond donors (Lipinski definition) is 0. The summed E-state index contributed by atoms with van der Waals surface area (Å²) in [5, 5.41) is 3.13. The molecule has 0 bridgehead atoms. The van der Waals surface area contributed by atoms with Crippen molar-refractivity contribution in [1.82, 2.24) is 15.0 Å². The first-order valence-electron chi connectivity index (χ1n) is 4.65. The van der Waals surface area contributed by atoms with Crippen LogP contribution in [0, 0.1) is 0 Å². The summed E-state index contributed by atoms with van der Waals surface area (Å²) in [4.78, 5) is 12.8. The summed E-state index contributed by atoms with van der Waals surface area (Å²) in [7, 11) is 0. The molecule has 2 heterocycles. The van der Waals surface area contributed by atoms with Crippen LogP contribution in [0.2, 0.25) is 0 Å². The number of rotatable bonds is 2. The van der Waals surface area contributed by atoms with Crippen LogP contribution in [0.4, 0.5) is 0 Å². The highest BCUT2D eigenvalue weighted by atomic mass is 32.1. The molecule has 3 rings (SSSR count). The van der Waals surface area contributed by atoms with Gasteiger partial charge in [-0.3, -0.25) is 9.97 Å². The van der Waals surface area contributed by atoms with Crippen molar-refractivity contribution in [2.45, 2.75) is 18.8 Å². The van der Waals surface area contributed by atoms with E-state index in [4.69, 9.17) is 0 Å². The van der Waals surface area contributed by atoms with Crippen molar-refractivity contribution in [1.29, 1.82) is 0 Å². The van der Waals surface area contributed by atoms with Crippen molar-refractivity contribution in [2.24, 2.45) is 0 Å². The van der Waals surface area contributed by atoms with E-state index < -0.39 is 0 Å². The summed E-state index contributed by atoms with van der Waals surface area (Å²) in [5.41, 5.74) is 2.11. The third-order valence-corrected chi connectivity index (χ3v) is 3.18. The van der Waals surface area contributed by atoms with E-state index in [-0.39, 0.29) is 0 Å². The summed E-state index contributed by atoms with van der Waals surface area (Å²) in [6.45, 7) is 0. The predicted molar refractivity (Wildman–Crippen MR) is 55.1 cm³/mol. The Hall–Kier alpha value is -1.29. The predicted octanol–water partition coefficient (Wildman–Crippen LogP) is 2.48. The molecule has 0 spiro atoms. The second-order valence-electron chi connectivity index (χ2n) is 3.44.